The average molecular weight is 331 g/mol. The van der Waals surface area contributed by atoms with Crippen LogP contribution in [0.5, 0.6) is 5.75 Å². The highest BCUT2D eigenvalue weighted by Crippen LogP contribution is 2.20. The van der Waals surface area contributed by atoms with E-state index in [0.717, 1.165) is 21.3 Å². The first-order chi connectivity index (χ1) is 9.72. The first kappa shape index (κ1) is 14.6. The summed E-state index contributed by atoms with van der Waals surface area (Å²) in [5.41, 5.74) is 2.08. The van der Waals surface area contributed by atoms with Gasteiger partial charge in [-0.25, -0.2) is 11.9 Å². The van der Waals surface area contributed by atoms with Crippen LogP contribution < -0.4 is 10.1 Å². The van der Waals surface area contributed by atoms with Crippen LogP contribution in [-0.4, -0.2) is 7.11 Å². The summed E-state index contributed by atoms with van der Waals surface area (Å²) in [4.78, 5) is 3.64. The molecule has 0 fully saturated rings. The fourth-order valence-electron chi connectivity index (χ4n) is 1.87. The van der Waals surface area contributed by atoms with Gasteiger partial charge in [0.2, 0.25) is 0 Å². The third-order valence-corrected chi connectivity index (χ3v) is 3.45. The Bertz CT molecular complexity index is 605. The van der Waals surface area contributed by atoms with Gasteiger partial charge in [-0.15, -0.1) is 0 Å². The van der Waals surface area contributed by atoms with Gasteiger partial charge in [-0.3, -0.25) is 4.85 Å². The summed E-state index contributed by atoms with van der Waals surface area (Å²) in [7, 11) is 1.65. The molecular formula is C16H15BrN2O. The minimum absolute atomic E-state index is 0.338. The molecule has 2 aromatic carbocycles. The number of benzene rings is 2. The van der Waals surface area contributed by atoms with Gasteiger partial charge in [-0.2, -0.15) is 0 Å². The lowest BCUT2D eigenvalue weighted by Crippen LogP contribution is -2.17. The molecule has 0 aliphatic rings. The SMILES string of the molecule is [C-]#[N+]C(NCc1ccc(OC)cc1)c1cccc(Br)c1. The summed E-state index contributed by atoms with van der Waals surface area (Å²) < 4.78 is 6.11. The number of methoxy groups -OCH3 is 1. The Labute approximate surface area is 127 Å². The molecule has 20 heavy (non-hydrogen) atoms. The molecule has 0 amide bonds. The smallest absolute Gasteiger partial charge is 0.303 e. The van der Waals surface area contributed by atoms with Gasteiger partial charge in [0, 0.05) is 11.0 Å². The summed E-state index contributed by atoms with van der Waals surface area (Å²) in [6, 6.07) is 15.6. The fraction of sp³-hybridized carbons (Fsp3) is 0.188. The maximum absolute atomic E-state index is 7.32. The van der Waals surface area contributed by atoms with Crippen LogP contribution in [0.25, 0.3) is 4.85 Å². The summed E-state index contributed by atoms with van der Waals surface area (Å²) >= 11 is 3.43. The van der Waals surface area contributed by atoms with E-state index in [2.05, 4.69) is 26.1 Å². The zero-order valence-electron chi connectivity index (χ0n) is 11.1. The molecule has 0 saturated carbocycles. The van der Waals surface area contributed by atoms with Crippen LogP contribution in [0.15, 0.2) is 53.0 Å². The minimum atomic E-state index is -0.338. The van der Waals surface area contributed by atoms with Gasteiger partial charge in [0.05, 0.1) is 12.7 Å². The molecule has 0 saturated heterocycles. The Morgan fingerprint density at radius 3 is 2.60 bits per heavy atom. The second kappa shape index (κ2) is 7.09. The van der Waals surface area contributed by atoms with Crippen LogP contribution in [-0.2, 0) is 6.54 Å². The Balaban J connectivity index is 2.02. The Morgan fingerprint density at radius 1 is 1.25 bits per heavy atom. The molecule has 3 nitrogen and oxygen atoms in total. The molecule has 0 bridgehead atoms. The maximum Gasteiger partial charge on any atom is 0.303 e. The molecule has 0 aliphatic carbocycles. The van der Waals surface area contributed by atoms with E-state index in [1.807, 2.05) is 48.5 Å². The van der Waals surface area contributed by atoms with E-state index in [4.69, 9.17) is 11.3 Å². The van der Waals surface area contributed by atoms with Gasteiger partial charge in [-0.1, -0.05) is 34.1 Å². The normalized spacial score (nSPS) is 11.7. The van der Waals surface area contributed by atoms with E-state index in [-0.39, 0.29) is 6.17 Å². The molecule has 1 unspecified atom stereocenters. The van der Waals surface area contributed by atoms with Gasteiger partial charge in [0.25, 0.3) is 0 Å². The number of halogens is 1. The summed E-state index contributed by atoms with van der Waals surface area (Å²) in [5.74, 6) is 0.836. The lowest BCUT2D eigenvalue weighted by atomic mass is 10.1. The van der Waals surface area contributed by atoms with Gasteiger partial charge in [0.1, 0.15) is 5.75 Å². The molecule has 0 aliphatic heterocycles. The Hall–Kier alpha value is -1.83. The zero-order chi connectivity index (χ0) is 14.4. The van der Waals surface area contributed by atoms with E-state index in [1.165, 1.54) is 0 Å². The fourth-order valence-corrected chi connectivity index (χ4v) is 2.29. The monoisotopic (exact) mass is 330 g/mol. The standard InChI is InChI=1S/C16H15BrN2O/c1-18-16(13-4-3-5-14(17)10-13)19-11-12-6-8-15(20-2)9-7-12/h3-10,16,19H,11H2,2H3. The number of hydrogen-bond acceptors (Lipinski definition) is 2. The third kappa shape index (κ3) is 3.83. The predicted molar refractivity (Wildman–Crippen MR) is 83.3 cm³/mol. The van der Waals surface area contributed by atoms with Crippen molar-refractivity contribution in [1.29, 1.82) is 0 Å². The van der Waals surface area contributed by atoms with Crippen molar-refractivity contribution in [2.24, 2.45) is 0 Å². The summed E-state index contributed by atoms with van der Waals surface area (Å²) in [6.45, 7) is 7.97. The van der Waals surface area contributed by atoms with Crippen molar-refractivity contribution in [3.63, 3.8) is 0 Å². The van der Waals surface area contributed by atoms with E-state index in [0.29, 0.717) is 6.54 Å². The Morgan fingerprint density at radius 2 is 2.00 bits per heavy atom. The molecule has 1 atom stereocenters. The molecule has 2 aromatic rings. The largest absolute Gasteiger partial charge is 0.497 e. The van der Waals surface area contributed by atoms with Gasteiger partial charge >= 0.3 is 6.17 Å². The second-order valence-electron chi connectivity index (χ2n) is 4.32. The van der Waals surface area contributed by atoms with Gasteiger partial charge in [-0.05, 0) is 35.9 Å². The van der Waals surface area contributed by atoms with Crippen molar-refractivity contribution in [1.82, 2.24) is 5.32 Å². The highest BCUT2D eigenvalue weighted by molar-refractivity contribution is 9.10. The quantitative estimate of drug-likeness (QED) is 0.832. The van der Waals surface area contributed by atoms with E-state index < -0.39 is 0 Å². The zero-order valence-corrected chi connectivity index (χ0v) is 12.7. The molecule has 0 radical (unpaired) electrons. The topological polar surface area (TPSA) is 25.6 Å². The maximum atomic E-state index is 7.32. The van der Waals surface area contributed by atoms with Crippen LogP contribution in [0.1, 0.15) is 17.3 Å². The van der Waals surface area contributed by atoms with Crippen LogP contribution in [0.3, 0.4) is 0 Å². The van der Waals surface area contributed by atoms with Gasteiger partial charge < -0.3 is 4.74 Å². The van der Waals surface area contributed by atoms with Crippen molar-refractivity contribution in [3.8, 4) is 5.75 Å². The molecule has 0 spiro atoms. The van der Waals surface area contributed by atoms with Crippen molar-refractivity contribution in [3.05, 3.63) is 75.5 Å². The van der Waals surface area contributed by atoms with Gasteiger partial charge in [0.15, 0.2) is 0 Å². The highest BCUT2D eigenvalue weighted by atomic mass is 79.9. The molecule has 0 aromatic heterocycles. The molecule has 0 heterocycles. The molecule has 102 valence electrons. The number of hydrogen-bond donors (Lipinski definition) is 1. The van der Waals surface area contributed by atoms with Crippen molar-refractivity contribution in [2.75, 3.05) is 7.11 Å². The molecular weight excluding hydrogens is 316 g/mol. The average Bonchev–Trinajstić information content (AvgIpc) is 2.48. The lowest BCUT2D eigenvalue weighted by molar-refractivity contribution is 0.414. The van der Waals surface area contributed by atoms with Crippen LogP contribution in [0.2, 0.25) is 0 Å². The molecule has 1 N–H and O–H groups in total. The van der Waals surface area contributed by atoms with E-state index >= 15 is 0 Å². The minimum Gasteiger partial charge on any atom is -0.497 e. The Kier molecular flexibility index (Phi) is 5.16. The number of nitrogens with zero attached hydrogens (tertiary/aromatic N) is 1. The van der Waals surface area contributed by atoms with Crippen molar-refractivity contribution in [2.45, 2.75) is 12.7 Å². The summed E-state index contributed by atoms with van der Waals surface area (Å²) in [5, 5.41) is 3.25. The molecule has 2 rings (SSSR count). The highest BCUT2D eigenvalue weighted by Gasteiger charge is 2.14. The summed E-state index contributed by atoms with van der Waals surface area (Å²) in [6.07, 6.45) is -0.338. The van der Waals surface area contributed by atoms with Crippen LogP contribution in [0, 0.1) is 6.57 Å². The van der Waals surface area contributed by atoms with E-state index in [1.54, 1.807) is 7.11 Å². The number of rotatable bonds is 5. The third-order valence-electron chi connectivity index (χ3n) is 2.95. The molecule has 4 heteroatoms. The van der Waals surface area contributed by atoms with Crippen LogP contribution >= 0.6 is 15.9 Å². The van der Waals surface area contributed by atoms with E-state index in [9.17, 15) is 0 Å². The lowest BCUT2D eigenvalue weighted by Gasteiger charge is -2.09. The van der Waals surface area contributed by atoms with Crippen molar-refractivity contribution >= 4 is 15.9 Å². The second-order valence-corrected chi connectivity index (χ2v) is 5.23. The van der Waals surface area contributed by atoms with Crippen LogP contribution in [0.4, 0.5) is 0 Å². The number of ether oxygens (including phenoxy) is 1. The van der Waals surface area contributed by atoms with Crippen molar-refractivity contribution < 1.29 is 4.74 Å². The first-order valence-corrected chi connectivity index (χ1v) is 7.00. The predicted octanol–water partition coefficient (Wildman–Crippen LogP) is 4.17. The number of nitrogens with one attached hydrogen (secondary N) is 1. The first-order valence-electron chi connectivity index (χ1n) is 6.21.